The van der Waals surface area contributed by atoms with Crippen LogP contribution in [0.25, 0.3) is 0 Å². The number of carbonyl (C=O) groups excluding carboxylic acids is 2. The number of benzene rings is 1. The van der Waals surface area contributed by atoms with E-state index in [-0.39, 0.29) is 17.4 Å². The van der Waals surface area contributed by atoms with E-state index >= 15 is 0 Å². The van der Waals surface area contributed by atoms with Gasteiger partial charge >= 0.3 is 0 Å². The topological polar surface area (TPSA) is 62.7 Å². The Hall–Kier alpha value is -2.80. The van der Waals surface area contributed by atoms with Gasteiger partial charge in [0.25, 0.3) is 11.8 Å². The Morgan fingerprint density at radius 2 is 1.93 bits per heavy atom. The van der Waals surface area contributed by atoms with E-state index in [0.29, 0.717) is 25.9 Å². The minimum Gasteiger partial charge on any atom is -0.352 e. The third-order valence-electron chi connectivity index (χ3n) is 5.57. The average Bonchev–Trinajstić information content (AvgIpc) is 3.02. The van der Waals surface area contributed by atoms with Crippen LogP contribution in [0.15, 0.2) is 42.6 Å². The maximum atomic E-state index is 13.3. The van der Waals surface area contributed by atoms with Crippen LogP contribution in [-0.2, 0) is 15.1 Å². The van der Waals surface area contributed by atoms with Gasteiger partial charge in [-0.2, -0.15) is 4.39 Å². The van der Waals surface area contributed by atoms with E-state index in [1.54, 1.807) is 19.0 Å². The molecule has 2 amide bonds. The summed E-state index contributed by atoms with van der Waals surface area (Å²) in [4.78, 5) is 32.0. The zero-order valence-electron chi connectivity index (χ0n) is 15.9. The molecule has 0 radical (unpaired) electrons. The van der Waals surface area contributed by atoms with Crippen LogP contribution in [0.5, 0.6) is 0 Å². The number of pyridine rings is 1. The van der Waals surface area contributed by atoms with E-state index in [2.05, 4.69) is 4.98 Å². The molecular weight excluding hydrogens is 361 g/mol. The molecule has 146 valence electrons. The molecule has 1 atom stereocenters. The SMILES string of the molecule is CN(C)C(=O)C1OC2(CCN(C(=O)c3ccnc(F)c3)CC2)c2ccccc21. The van der Waals surface area contributed by atoms with E-state index in [0.717, 1.165) is 17.2 Å². The summed E-state index contributed by atoms with van der Waals surface area (Å²) < 4.78 is 19.7. The van der Waals surface area contributed by atoms with Crippen molar-refractivity contribution in [3.8, 4) is 0 Å². The lowest BCUT2D eigenvalue weighted by molar-refractivity contribution is -0.157. The Morgan fingerprint density at radius 3 is 2.61 bits per heavy atom. The van der Waals surface area contributed by atoms with Crippen LogP contribution in [0.4, 0.5) is 4.39 Å². The van der Waals surface area contributed by atoms with Gasteiger partial charge in [0.2, 0.25) is 5.95 Å². The smallest absolute Gasteiger partial charge is 0.255 e. The Bertz CT molecular complexity index is 923. The zero-order chi connectivity index (χ0) is 19.9. The molecule has 2 aliphatic heterocycles. The molecule has 1 fully saturated rings. The standard InChI is InChI=1S/C21H22FN3O3/c1-24(2)20(27)18-15-5-3-4-6-16(15)21(28-18)8-11-25(12-9-21)19(26)14-7-10-23-17(22)13-14/h3-7,10,13,18H,8-9,11-12H2,1-2H3. The highest BCUT2D eigenvalue weighted by atomic mass is 19.1. The van der Waals surface area contributed by atoms with Crippen molar-refractivity contribution in [3.05, 3.63) is 65.2 Å². The van der Waals surface area contributed by atoms with E-state index in [9.17, 15) is 14.0 Å². The summed E-state index contributed by atoms with van der Waals surface area (Å²) >= 11 is 0. The molecule has 1 unspecified atom stereocenters. The minimum absolute atomic E-state index is 0.0879. The minimum atomic E-state index is -0.669. The number of piperidine rings is 1. The van der Waals surface area contributed by atoms with Crippen molar-refractivity contribution in [1.29, 1.82) is 0 Å². The van der Waals surface area contributed by atoms with Gasteiger partial charge in [0.05, 0.1) is 5.60 Å². The maximum Gasteiger partial charge on any atom is 0.255 e. The van der Waals surface area contributed by atoms with Gasteiger partial charge in [0.15, 0.2) is 6.10 Å². The average molecular weight is 383 g/mol. The first kappa shape index (κ1) is 18.6. The number of carbonyl (C=O) groups is 2. The summed E-state index contributed by atoms with van der Waals surface area (Å²) in [6, 6.07) is 10.5. The first-order valence-electron chi connectivity index (χ1n) is 9.30. The Morgan fingerprint density at radius 1 is 1.21 bits per heavy atom. The van der Waals surface area contributed by atoms with Crippen LogP contribution in [0.2, 0.25) is 0 Å². The highest BCUT2D eigenvalue weighted by Crippen LogP contribution is 2.49. The van der Waals surface area contributed by atoms with Gasteiger partial charge in [-0.05, 0) is 30.0 Å². The van der Waals surface area contributed by atoms with Gasteiger partial charge in [0.1, 0.15) is 0 Å². The summed E-state index contributed by atoms with van der Waals surface area (Å²) in [6.07, 6.45) is 1.84. The van der Waals surface area contributed by atoms with Crippen molar-refractivity contribution in [2.45, 2.75) is 24.5 Å². The molecule has 6 nitrogen and oxygen atoms in total. The number of likely N-dealkylation sites (tertiary alicyclic amines) is 1. The quantitative estimate of drug-likeness (QED) is 0.748. The molecule has 1 aromatic carbocycles. The van der Waals surface area contributed by atoms with Crippen molar-refractivity contribution in [2.24, 2.45) is 0 Å². The lowest BCUT2D eigenvalue weighted by Gasteiger charge is -2.39. The van der Waals surface area contributed by atoms with Crippen LogP contribution in [0.3, 0.4) is 0 Å². The third kappa shape index (κ3) is 3.05. The van der Waals surface area contributed by atoms with Gasteiger partial charge in [-0.3, -0.25) is 9.59 Å². The highest BCUT2D eigenvalue weighted by Gasteiger charge is 2.49. The van der Waals surface area contributed by atoms with Crippen LogP contribution in [0.1, 0.15) is 40.4 Å². The molecule has 0 aliphatic carbocycles. The Labute approximate surface area is 162 Å². The van der Waals surface area contributed by atoms with E-state index in [4.69, 9.17) is 4.74 Å². The molecular formula is C21H22FN3O3. The molecule has 2 aromatic rings. The number of halogens is 1. The number of ether oxygens (including phenoxy) is 1. The van der Waals surface area contributed by atoms with E-state index < -0.39 is 17.7 Å². The molecule has 0 saturated carbocycles. The Balaban J connectivity index is 1.55. The number of hydrogen-bond acceptors (Lipinski definition) is 4. The first-order chi connectivity index (χ1) is 13.4. The van der Waals surface area contributed by atoms with Crippen LogP contribution >= 0.6 is 0 Å². The molecule has 1 aromatic heterocycles. The van der Waals surface area contributed by atoms with Crippen molar-refractivity contribution in [2.75, 3.05) is 27.2 Å². The summed E-state index contributed by atoms with van der Waals surface area (Å²) in [5.41, 5.74) is 1.64. The predicted octanol–water partition coefficient (Wildman–Crippen LogP) is 2.51. The van der Waals surface area contributed by atoms with Crippen molar-refractivity contribution in [1.82, 2.24) is 14.8 Å². The third-order valence-corrected chi connectivity index (χ3v) is 5.57. The fourth-order valence-electron chi connectivity index (χ4n) is 4.09. The van der Waals surface area contributed by atoms with Crippen LogP contribution in [-0.4, -0.2) is 53.8 Å². The fraction of sp³-hybridized carbons (Fsp3) is 0.381. The number of amides is 2. The van der Waals surface area contributed by atoms with Gasteiger partial charge in [0, 0.05) is 45.0 Å². The van der Waals surface area contributed by atoms with E-state index in [1.165, 1.54) is 17.2 Å². The molecule has 3 heterocycles. The van der Waals surface area contributed by atoms with Gasteiger partial charge in [-0.25, -0.2) is 4.98 Å². The van der Waals surface area contributed by atoms with Crippen molar-refractivity contribution < 1.29 is 18.7 Å². The van der Waals surface area contributed by atoms with Gasteiger partial charge in [-0.15, -0.1) is 0 Å². The summed E-state index contributed by atoms with van der Waals surface area (Å²) in [7, 11) is 3.43. The second kappa shape index (κ2) is 6.98. The normalized spacial score (nSPS) is 20.1. The number of aromatic nitrogens is 1. The molecule has 4 rings (SSSR count). The van der Waals surface area contributed by atoms with Crippen molar-refractivity contribution in [3.63, 3.8) is 0 Å². The summed E-state index contributed by atoms with van der Waals surface area (Å²) in [5.74, 6) is -0.976. The molecule has 1 spiro atoms. The second-order valence-electron chi connectivity index (χ2n) is 7.47. The number of fused-ring (bicyclic) bond motifs is 2. The van der Waals surface area contributed by atoms with Gasteiger partial charge < -0.3 is 14.5 Å². The van der Waals surface area contributed by atoms with Crippen LogP contribution in [0, 0.1) is 5.95 Å². The number of nitrogens with zero attached hydrogens (tertiary/aromatic N) is 3. The van der Waals surface area contributed by atoms with Crippen LogP contribution < -0.4 is 0 Å². The second-order valence-corrected chi connectivity index (χ2v) is 7.47. The lowest BCUT2D eigenvalue weighted by Crippen LogP contribution is -2.45. The molecule has 28 heavy (non-hydrogen) atoms. The van der Waals surface area contributed by atoms with Gasteiger partial charge in [-0.1, -0.05) is 24.3 Å². The lowest BCUT2D eigenvalue weighted by atomic mass is 9.83. The number of hydrogen-bond donors (Lipinski definition) is 0. The molecule has 0 N–H and O–H groups in total. The highest BCUT2D eigenvalue weighted by molar-refractivity contribution is 5.94. The predicted molar refractivity (Wildman–Crippen MR) is 100.0 cm³/mol. The molecule has 0 bridgehead atoms. The van der Waals surface area contributed by atoms with E-state index in [1.807, 2.05) is 24.3 Å². The largest absolute Gasteiger partial charge is 0.352 e. The Kier molecular flexibility index (Phi) is 4.63. The first-order valence-corrected chi connectivity index (χ1v) is 9.30. The maximum absolute atomic E-state index is 13.3. The molecule has 1 saturated heterocycles. The summed E-state index contributed by atoms with van der Waals surface area (Å²) in [6.45, 7) is 0.944. The molecule has 7 heteroatoms. The number of rotatable bonds is 2. The number of likely N-dealkylation sites (N-methyl/N-ethyl adjacent to an activating group) is 1. The molecule has 2 aliphatic rings. The fourth-order valence-corrected chi connectivity index (χ4v) is 4.09. The van der Waals surface area contributed by atoms with Crippen molar-refractivity contribution >= 4 is 11.8 Å². The summed E-state index contributed by atoms with van der Waals surface area (Å²) in [5, 5.41) is 0. The monoisotopic (exact) mass is 383 g/mol. The zero-order valence-corrected chi connectivity index (χ0v) is 15.9.